The summed E-state index contributed by atoms with van der Waals surface area (Å²) >= 11 is 0. The molecule has 6 nitrogen and oxygen atoms in total. The monoisotopic (exact) mass is 478 g/mol. The molecule has 0 saturated carbocycles. The first-order chi connectivity index (χ1) is 17.3. The third-order valence-corrected chi connectivity index (χ3v) is 6.54. The second-order valence-electron chi connectivity index (χ2n) is 9.27. The molecule has 2 aromatic carbocycles. The van der Waals surface area contributed by atoms with Crippen molar-refractivity contribution in [3.8, 4) is 23.0 Å². The predicted octanol–water partition coefficient (Wildman–Crippen LogP) is 5.86. The van der Waals surface area contributed by atoms with Gasteiger partial charge >= 0.3 is 0 Å². The van der Waals surface area contributed by atoms with Crippen molar-refractivity contribution in [3.63, 3.8) is 0 Å². The van der Waals surface area contributed by atoms with E-state index >= 15 is 0 Å². The Labute approximate surface area is 212 Å². The molecule has 0 atom stereocenters. The van der Waals surface area contributed by atoms with Crippen LogP contribution < -0.4 is 0 Å². The number of para-hydroxylation sites is 1. The molecule has 0 spiro atoms. The SMILES string of the molecule is CCCCN1C(=O)C(C#N)=C(C)/C(=C\c2cn(-c3ccccc3)nc2-c2c(C)cc(C)cc2C)C1=O. The van der Waals surface area contributed by atoms with Gasteiger partial charge in [-0.2, -0.15) is 10.4 Å². The van der Waals surface area contributed by atoms with Crippen molar-refractivity contribution in [1.29, 1.82) is 5.26 Å². The number of amides is 2. The number of nitriles is 1. The number of carbonyl (C=O) groups is 2. The first-order valence-corrected chi connectivity index (χ1v) is 12.2. The van der Waals surface area contributed by atoms with Gasteiger partial charge < -0.3 is 0 Å². The first-order valence-electron chi connectivity index (χ1n) is 12.2. The molecule has 1 aromatic heterocycles. The summed E-state index contributed by atoms with van der Waals surface area (Å²) in [6.07, 6.45) is 5.19. The third-order valence-electron chi connectivity index (χ3n) is 6.54. The van der Waals surface area contributed by atoms with E-state index in [-0.39, 0.29) is 18.0 Å². The Balaban J connectivity index is 1.96. The summed E-state index contributed by atoms with van der Waals surface area (Å²) in [5, 5.41) is 14.7. The maximum absolute atomic E-state index is 13.5. The molecule has 182 valence electrons. The fourth-order valence-corrected chi connectivity index (χ4v) is 4.76. The van der Waals surface area contributed by atoms with E-state index in [1.807, 2.05) is 49.5 Å². The quantitative estimate of drug-likeness (QED) is 0.328. The second kappa shape index (κ2) is 10.2. The number of hydrogen-bond acceptors (Lipinski definition) is 4. The Morgan fingerprint density at radius 3 is 2.28 bits per heavy atom. The lowest BCUT2D eigenvalue weighted by molar-refractivity contribution is -0.140. The highest BCUT2D eigenvalue weighted by Crippen LogP contribution is 2.34. The number of benzene rings is 2. The molecule has 0 saturated heterocycles. The van der Waals surface area contributed by atoms with Crippen LogP contribution in [-0.2, 0) is 9.59 Å². The molecule has 0 aliphatic carbocycles. The molecule has 36 heavy (non-hydrogen) atoms. The molecule has 6 heteroatoms. The van der Waals surface area contributed by atoms with E-state index in [0.29, 0.717) is 17.6 Å². The smallest absolute Gasteiger partial charge is 0.271 e. The second-order valence-corrected chi connectivity index (χ2v) is 9.27. The Morgan fingerprint density at radius 1 is 1.00 bits per heavy atom. The van der Waals surface area contributed by atoms with Gasteiger partial charge in [0.1, 0.15) is 17.3 Å². The third kappa shape index (κ3) is 4.52. The number of unbranched alkanes of at least 4 members (excludes halogenated alkanes) is 1. The predicted molar refractivity (Wildman–Crippen MR) is 141 cm³/mol. The van der Waals surface area contributed by atoms with Crippen molar-refractivity contribution in [2.24, 2.45) is 0 Å². The number of aromatic nitrogens is 2. The van der Waals surface area contributed by atoms with Crippen LogP contribution >= 0.6 is 0 Å². The van der Waals surface area contributed by atoms with E-state index in [4.69, 9.17) is 5.10 Å². The van der Waals surface area contributed by atoms with E-state index in [2.05, 4.69) is 32.9 Å². The summed E-state index contributed by atoms with van der Waals surface area (Å²) in [4.78, 5) is 27.5. The number of nitrogens with zero attached hydrogens (tertiary/aromatic N) is 4. The normalized spacial score (nSPS) is 15.1. The highest BCUT2D eigenvalue weighted by molar-refractivity contribution is 6.19. The Morgan fingerprint density at radius 2 is 1.67 bits per heavy atom. The summed E-state index contributed by atoms with van der Waals surface area (Å²) in [7, 11) is 0. The topological polar surface area (TPSA) is 79.0 Å². The molecule has 2 heterocycles. The minimum atomic E-state index is -0.518. The standard InChI is InChI=1S/C30H30N4O2/c1-6-7-13-33-29(35)25(22(5)26(17-31)30(33)36)16-23-18-34(24-11-9-8-10-12-24)32-28(23)27-20(3)14-19(2)15-21(27)4/h8-12,14-16,18H,6-7,13H2,1-5H3/b25-16+. The molecule has 0 bridgehead atoms. The molecule has 4 rings (SSSR count). The molecule has 3 aromatic rings. The first kappa shape index (κ1) is 24.9. The average molecular weight is 479 g/mol. The van der Waals surface area contributed by atoms with Crippen LogP contribution in [0, 0.1) is 32.1 Å². The van der Waals surface area contributed by atoms with E-state index in [9.17, 15) is 14.9 Å². The van der Waals surface area contributed by atoms with Crippen LogP contribution in [0.2, 0.25) is 0 Å². The maximum atomic E-state index is 13.5. The fraction of sp³-hybridized carbons (Fsp3) is 0.267. The Hall–Kier alpha value is -4.24. The van der Waals surface area contributed by atoms with Crippen LogP contribution in [0.15, 0.2) is 65.4 Å². The van der Waals surface area contributed by atoms with Crippen LogP contribution in [0.3, 0.4) is 0 Å². The molecular weight excluding hydrogens is 448 g/mol. The number of aryl methyl sites for hydroxylation is 3. The van der Waals surface area contributed by atoms with Crippen molar-refractivity contribution in [2.45, 2.75) is 47.5 Å². The number of carbonyl (C=O) groups excluding carboxylic acids is 2. The summed E-state index contributed by atoms with van der Waals surface area (Å²) < 4.78 is 1.80. The lowest BCUT2D eigenvalue weighted by atomic mass is 9.91. The van der Waals surface area contributed by atoms with Gasteiger partial charge in [-0.05, 0) is 69.0 Å². The van der Waals surface area contributed by atoms with Gasteiger partial charge in [0.05, 0.1) is 5.69 Å². The number of imide groups is 1. The molecule has 1 aliphatic rings. The van der Waals surface area contributed by atoms with Crippen molar-refractivity contribution < 1.29 is 9.59 Å². The number of hydrogen-bond donors (Lipinski definition) is 0. The zero-order valence-electron chi connectivity index (χ0n) is 21.4. The van der Waals surface area contributed by atoms with Crippen LogP contribution in [0.4, 0.5) is 0 Å². The van der Waals surface area contributed by atoms with E-state index < -0.39 is 5.91 Å². The molecular formula is C30H30N4O2. The lowest BCUT2D eigenvalue weighted by Gasteiger charge is -2.27. The minimum Gasteiger partial charge on any atom is -0.274 e. The zero-order valence-corrected chi connectivity index (χ0v) is 21.4. The minimum absolute atomic E-state index is 0.0108. The van der Waals surface area contributed by atoms with Gasteiger partial charge in [-0.3, -0.25) is 14.5 Å². The fourth-order valence-electron chi connectivity index (χ4n) is 4.76. The van der Waals surface area contributed by atoms with Crippen LogP contribution in [-0.4, -0.2) is 33.0 Å². The van der Waals surface area contributed by atoms with Crippen molar-refractivity contribution in [1.82, 2.24) is 14.7 Å². The summed E-state index contributed by atoms with van der Waals surface area (Å²) in [6, 6.07) is 16.1. The van der Waals surface area contributed by atoms with E-state index in [1.54, 1.807) is 17.7 Å². The van der Waals surface area contributed by atoms with Crippen LogP contribution in [0.25, 0.3) is 23.0 Å². The van der Waals surface area contributed by atoms with Gasteiger partial charge in [0.15, 0.2) is 0 Å². The number of rotatable bonds is 6. The summed E-state index contributed by atoms with van der Waals surface area (Å²) in [5.41, 5.74) is 7.50. The Kier molecular flexibility index (Phi) is 7.03. The van der Waals surface area contributed by atoms with E-state index in [0.717, 1.165) is 40.1 Å². The Bertz CT molecular complexity index is 1430. The lowest BCUT2D eigenvalue weighted by Crippen LogP contribution is -2.43. The molecule has 0 fully saturated rings. The molecule has 0 N–H and O–H groups in total. The van der Waals surface area contributed by atoms with Crippen LogP contribution in [0.1, 0.15) is 48.9 Å². The van der Waals surface area contributed by atoms with Crippen molar-refractivity contribution in [3.05, 3.63) is 87.6 Å². The van der Waals surface area contributed by atoms with E-state index in [1.165, 1.54) is 10.5 Å². The van der Waals surface area contributed by atoms with Crippen molar-refractivity contribution in [2.75, 3.05) is 6.54 Å². The highest BCUT2D eigenvalue weighted by Gasteiger charge is 2.35. The van der Waals surface area contributed by atoms with Gasteiger partial charge in [0.2, 0.25) is 0 Å². The van der Waals surface area contributed by atoms with Gasteiger partial charge in [-0.25, -0.2) is 4.68 Å². The molecule has 1 aliphatic heterocycles. The molecule has 2 amide bonds. The van der Waals surface area contributed by atoms with Gasteiger partial charge in [-0.15, -0.1) is 0 Å². The zero-order chi connectivity index (χ0) is 26.0. The van der Waals surface area contributed by atoms with Gasteiger partial charge in [-0.1, -0.05) is 49.2 Å². The van der Waals surface area contributed by atoms with Gasteiger partial charge in [0.25, 0.3) is 11.8 Å². The molecule has 0 unspecified atom stereocenters. The molecule has 0 radical (unpaired) electrons. The average Bonchev–Trinajstić information content (AvgIpc) is 3.25. The summed E-state index contributed by atoms with van der Waals surface area (Å²) in [5.74, 6) is -0.892. The maximum Gasteiger partial charge on any atom is 0.271 e. The highest BCUT2D eigenvalue weighted by atomic mass is 16.2. The van der Waals surface area contributed by atoms with Crippen LogP contribution in [0.5, 0.6) is 0 Å². The largest absolute Gasteiger partial charge is 0.274 e. The van der Waals surface area contributed by atoms with Crippen molar-refractivity contribution >= 4 is 17.9 Å². The summed E-state index contributed by atoms with van der Waals surface area (Å²) in [6.45, 7) is 10.1. The van der Waals surface area contributed by atoms with Gasteiger partial charge in [0, 0.05) is 29.4 Å².